The molecular weight excluding hydrogens is 690 g/mol. The lowest BCUT2D eigenvalue weighted by Crippen LogP contribution is -2.78. The Hall–Kier alpha value is -6.02. The zero-order valence-electron chi connectivity index (χ0n) is 30.8. The van der Waals surface area contributed by atoms with Crippen LogP contribution >= 0.6 is 0 Å². The number of pyridine rings is 1. The van der Waals surface area contributed by atoms with Crippen molar-refractivity contribution in [1.82, 2.24) is 35.6 Å². The second kappa shape index (κ2) is 16.8. The highest BCUT2D eigenvalue weighted by Gasteiger charge is 2.54. The van der Waals surface area contributed by atoms with Gasteiger partial charge in [-0.3, -0.25) is 14.6 Å². The van der Waals surface area contributed by atoms with E-state index >= 15 is 0 Å². The third-order valence-electron chi connectivity index (χ3n) is 9.67. The van der Waals surface area contributed by atoms with Crippen molar-refractivity contribution in [2.75, 3.05) is 13.6 Å². The van der Waals surface area contributed by atoms with Crippen LogP contribution in [0.2, 0.25) is 0 Å². The Bertz CT molecular complexity index is 1990. The van der Waals surface area contributed by atoms with Gasteiger partial charge in [-0.15, -0.1) is 5.48 Å². The molecule has 0 aliphatic carbocycles. The first-order valence-corrected chi connectivity index (χ1v) is 18.0. The number of carbonyl (C=O) groups is 5. The third-order valence-corrected chi connectivity index (χ3v) is 9.67. The summed E-state index contributed by atoms with van der Waals surface area (Å²) in [5, 5.41) is 7.07. The van der Waals surface area contributed by atoms with E-state index in [1.165, 1.54) is 5.01 Å². The predicted octanol–water partition coefficient (Wildman–Crippen LogP) is 4.79. The molecule has 3 aromatic carbocycles. The highest BCUT2D eigenvalue weighted by molar-refractivity contribution is 5.92. The van der Waals surface area contributed by atoms with Crippen LogP contribution in [0.5, 0.6) is 5.75 Å². The summed E-state index contributed by atoms with van der Waals surface area (Å²) in [5.74, 6) is -0.641. The van der Waals surface area contributed by atoms with E-state index in [1.54, 1.807) is 52.3 Å². The standard InChI is InChI=1S/C40H45N7O7/c1-26(2)15-20-35(49)54-43-40(52)53-32-18-16-28(17-19-32)22-33-38(50)45(24-31-13-8-12-30-14-9-21-41-36(30)31)27(3)37-46(33)34(48)25-44(4)47(37)39(51)42-23-29-10-6-5-7-11-29/h5-14,16-19,21,26-27,33,37H,15,20,22-25H2,1-4H3,(H,42,51)(H,43,52)/t27-,33-,37?/m0/s1. The number of nitrogens with zero attached hydrogens (tertiary/aromatic N) is 5. The van der Waals surface area contributed by atoms with E-state index in [4.69, 9.17) is 9.57 Å². The Kier molecular flexibility index (Phi) is 11.7. The molecule has 5 amide bonds. The molecule has 2 aliphatic heterocycles. The normalized spacial score (nSPS) is 18.8. The van der Waals surface area contributed by atoms with Crippen molar-refractivity contribution in [1.29, 1.82) is 0 Å². The minimum absolute atomic E-state index is 0.108. The number of hydrazine groups is 1. The van der Waals surface area contributed by atoms with E-state index in [9.17, 15) is 24.0 Å². The maximum atomic E-state index is 14.6. The molecular formula is C40H45N7O7. The first-order chi connectivity index (χ1) is 26.0. The van der Waals surface area contributed by atoms with Gasteiger partial charge in [0, 0.05) is 44.6 Å². The van der Waals surface area contributed by atoms with Crippen LogP contribution in [0.15, 0.2) is 91.1 Å². The average molecular weight is 736 g/mol. The molecule has 0 saturated carbocycles. The number of likely N-dealkylation sites (N-methyl/N-ethyl adjacent to an activating group) is 1. The Morgan fingerprint density at radius 3 is 2.41 bits per heavy atom. The van der Waals surface area contributed by atoms with Gasteiger partial charge < -0.3 is 24.7 Å². The number of nitrogens with one attached hydrogen (secondary N) is 2. The lowest BCUT2D eigenvalue weighted by molar-refractivity contribution is -0.196. The number of benzene rings is 3. The largest absolute Gasteiger partial charge is 0.446 e. The number of hydrogen-bond acceptors (Lipinski definition) is 9. The van der Waals surface area contributed by atoms with Gasteiger partial charge in [-0.2, -0.15) is 0 Å². The number of hydrogen-bond donors (Lipinski definition) is 2. The molecule has 0 spiro atoms. The topological polar surface area (TPSA) is 154 Å². The first-order valence-electron chi connectivity index (χ1n) is 18.0. The fourth-order valence-electron chi connectivity index (χ4n) is 6.90. The van der Waals surface area contributed by atoms with Crippen molar-refractivity contribution in [3.63, 3.8) is 0 Å². The average Bonchev–Trinajstić information content (AvgIpc) is 3.16. The molecule has 2 saturated heterocycles. The number of fused-ring (bicyclic) bond motifs is 2. The summed E-state index contributed by atoms with van der Waals surface area (Å²) in [6, 6.07) is 23.7. The van der Waals surface area contributed by atoms with Crippen LogP contribution in [0.25, 0.3) is 10.9 Å². The molecule has 1 aromatic heterocycles. The summed E-state index contributed by atoms with van der Waals surface area (Å²) in [4.78, 5) is 79.4. The van der Waals surface area contributed by atoms with E-state index < -0.39 is 36.3 Å². The Labute approximate surface area is 313 Å². The highest BCUT2D eigenvalue weighted by atomic mass is 16.7. The smallest absolute Gasteiger partial charge is 0.408 e. The summed E-state index contributed by atoms with van der Waals surface area (Å²) in [5.41, 5.74) is 5.20. The molecule has 3 heterocycles. The van der Waals surface area contributed by atoms with Crippen molar-refractivity contribution in [2.24, 2.45) is 5.92 Å². The number of ether oxygens (including phenoxy) is 1. The summed E-state index contributed by atoms with van der Waals surface area (Å²) >= 11 is 0. The van der Waals surface area contributed by atoms with Gasteiger partial charge in [-0.05, 0) is 54.2 Å². The van der Waals surface area contributed by atoms with Crippen LogP contribution in [0, 0.1) is 5.92 Å². The molecule has 0 bridgehead atoms. The SMILES string of the molecule is CC(C)CCC(=O)ONC(=O)Oc1ccc(C[C@H]2C(=O)N(Cc3cccc4cccnc34)[C@@H](C)C3N2C(=O)CN(C)N3C(=O)NCc2ccccc2)cc1. The van der Waals surface area contributed by atoms with Crippen LogP contribution in [-0.2, 0) is 38.7 Å². The monoisotopic (exact) mass is 735 g/mol. The molecule has 54 heavy (non-hydrogen) atoms. The van der Waals surface area contributed by atoms with Gasteiger partial charge >= 0.3 is 18.1 Å². The number of urea groups is 1. The van der Waals surface area contributed by atoms with Gasteiger partial charge in [0.1, 0.15) is 18.0 Å². The van der Waals surface area contributed by atoms with Gasteiger partial charge in [-0.1, -0.05) is 80.6 Å². The Balaban J connectivity index is 1.25. The van der Waals surface area contributed by atoms with Gasteiger partial charge in [0.2, 0.25) is 11.8 Å². The number of carbonyl (C=O) groups excluding carboxylic acids is 5. The highest BCUT2D eigenvalue weighted by Crippen LogP contribution is 2.33. The first kappa shape index (κ1) is 37.7. The summed E-state index contributed by atoms with van der Waals surface area (Å²) in [6.45, 7) is 6.18. The van der Waals surface area contributed by atoms with Gasteiger partial charge in [0.05, 0.1) is 18.1 Å². The molecule has 2 fully saturated rings. The lowest BCUT2D eigenvalue weighted by atomic mass is 9.94. The minimum Gasteiger partial charge on any atom is -0.408 e. The van der Waals surface area contributed by atoms with Crippen molar-refractivity contribution in [2.45, 2.75) is 71.4 Å². The fraction of sp³-hybridized carbons (Fsp3) is 0.350. The number of aromatic nitrogens is 1. The zero-order chi connectivity index (χ0) is 38.4. The van der Waals surface area contributed by atoms with E-state index in [0.717, 1.165) is 22.0 Å². The van der Waals surface area contributed by atoms with Crippen LogP contribution in [-0.4, -0.2) is 86.6 Å². The van der Waals surface area contributed by atoms with E-state index in [1.807, 2.05) is 86.9 Å². The van der Waals surface area contributed by atoms with Gasteiger partial charge in [0.25, 0.3) is 0 Å². The molecule has 14 heteroatoms. The lowest BCUT2D eigenvalue weighted by Gasteiger charge is -2.57. The van der Waals surface area contributed by atoms with Crippen LogP contribution in [0.4, 0.5) is 9.59 Å². The summed E-state index contributed by atoms with van der Waals surface area (Å²) in [7, 11) is 1.69. The number of para-hydroxylation sites is 1. The molecule has 1 unspecified atom stereocenters. The fourth-order valence-corrected chi connectivity index (χ4v) is 6.90. The van der Waals surface area contributed by atoms with E-state index in [0.29, 0.717) is 17.9 Å². The summed E-state index contributed by atoms with van der Waals surface area (Å²) in [6.07, 6.45) is 0.829. The van der Waals surface area contributed by atoms with Gasteiger partial charge in [0.15, 0.2) is 0 Å². The number of rotatable bonds is 10. The van der Waals surface area contributed by atoms with Gasteiger partial charge in [-0.25, -0.2) is 24.4 Å². The Morgan fingerprint density at radius 2 is 1.67 bits per heavy atom. The molecule has 3 atom stereocenters. The molecule has 14 nitrogen and oxygen atoms in total. The second-order valence-electron chi connectivity index (χ2n) is 14.0. The minimum atomic E-state index is -0.966. The van der Waals surface area contributed by atoms with E-state index in [-0.39, 0.29) is 50.0 Å². The predicted molar refractivity (Wildman–Crippen MR) is 199 cm³/mol. The summed E-state index contributed by atoms with van der Waals surface area (Å²) < 4.78 is 5.27. The molecule has 2 aliphatic rings. The maximum absolute atomic E-state index is 14.6. The molecule has 6 rings (SSSR count). The number of amides is 5. The molecule has 4 aromatic rings. The van der Waals surface area contributed by atoms with E-state index in [2.05, 4.69) is 10.3 Å². The number of piperazine rings is 1. The number of hydroxylamine groups is 1. The van der Waals surface area contributed by atoms with Crippen LogP contribution < -0.4 is 15.5 Å². The molecule has 282 valence electrons. The Morgan fingerprint density at radius 1 is 0.926 bits per heavy atom. The van der Waals surface area contributed by atoms with Crippen LogP contribution in [0.3, 0.4) is 0 Å². The quantitative estimate of drug-likeness (QED) is 0.219. The van der Waals surface area contributed by atoms with Crippen LogP contribution in [0.1, 0.15) is 50.3 Å². The molecule has 2 N–H and O–H groups in total. The van der Waals surface area contributed by atoms with Crippen molar-refractivity contribution in [3.05, 3.63) is 108 Å². The van der Waals surface area contributed by atoms with Crippen molar-refractivity contribution >= 4 is 40.8 Å². The maximum Gasteiger partial charge on any atom is 0.446 e. The molecule has 0 radical (unpaired) electrons. The second-order valence-corrected chi connectivity index (χ2v) is 14.0. The van der Waals surface area contributed by atoms with Crippen molar-refractivity contribution < 1.29 is 33.5 Å². The van der Waals surface area contributed by atoms with Crippen molar-refractivity contribution in [3.8, 4) is 5.75 Å². The zero-order valence-corrected chi connectivity index (χ0v) is 30.8. The third kappa shape index (κ3) is 8.60.